The Morgan fingerprint density at radius 2 is 2.00 bits per heavy atom. The summed E-state index contributed by atoms with van der Waals surface area (Å²) in [4.78, 5) is 21.4. The first-order chi connectivity index (χ1) is 6.78. The van der Waals surface area contributed by atoms with Gasteiger partial charge in [0, 0.05) is 17.7 Å². The maximum absolute atomic E-state index is 10.7. The minimum atomic E-state index is -0.332. The molecule has 0 aromatic carbocycles. The molecule has 76 valence electrons. The van der Waals surface area contributed by atoms with Crippen LogP contribution in [0, 0.1) is 35.0 Å². The van der Waals surface area contributed by atoms with Crippen LogP contribution in [0.3, 0.4) is 0 Å². The van der Waals surface area contributed by atoms with E-state index in [-0.39, 0.29) is 23.7 Å². The Balaban J connectivity index is 2.80. The van der Waals surface area contributed by atoms with Crippen LogP contribution in [0.2, 0.25) is 0 Å². The molecule has 1 aliphatic carbocycles. The monoisotopic (exact) mass is 213 g/mol. The average molecular weight is 214 g/mol. The summed E-state index contributed by atoms with van der Waals surface area (Å²) < 4.78 is 0. The van der Waals surface area contributed by atoms with Crippen molar-refractivity contribution in [2.24, 2.45) is 23.7 Å². The van der Waals surface area contributed by atoms with Crippen LogP contribution in [0.1, 0.15) is 12.8 Å². The van der Waals surface area contributed by atoms with Gasteiger partial charge in [0.25, 0.3) is 0 Å². The molecule has 3 nitrogen and oxygen atoms in total. The number of rotatable bonds is 4. The Hall–Kier alpha value is -0.880. The number of halogens is 1. The number of carbonyl (C=O) groups excluding carboxylic acids is 2. The lowest BCUT2D eigenvalue weighted by atomic mass is 9.87. The molecule has 0 bridgehead atoms. The van der Waals surface area contributed by atoms with Gasteiger partial charge in [0.05, 0.1) is 12.0 Å². The van der Waals surface area contributed by atoms with Crippen LogP contribution in [0.25, 0.3) is 0 Å². The predicted molar refractivity (Wildman–Crippen MR) is 51.7 cm³/mol. The molecule has 0 spiro atoms. The maximum atomic E-state index is 10.7. The molecule has 0 saturated heterocycles. The van der Waals surface area contributed by atoms with E-state index in [1.54, 1.807) is 0 Å². The fourth-order valence-corrected chi connectivity index (χ4v) is 2.48. The number of hydrogen-bond donors (Lipinski definition) is 0. The van der Waals surface area contributed by atoms with Gasteiger partial charge in [0.15, 0.2) is 0 Å². The maximum Gasteiger partial charge on any atom is 0.124 e. The SMILES string of the molecule is N#CC1C(C=O)CC(C=O)C1CCCl. The molecule has 0 amide bonds. The summed E-state index contributed by atoms with van der Waals surface area (Å²) in [6.07, 6.45) is 2.78. The Bertz CT molecular complexity index is 261. The number of hydrogen-bond acceptors (Lipinski definition) is 3. The number of alkyl halides is 1. The summed E-state index contributed by atoms with van der Waals surface area (Å²) in [6, 6.07) is 2.12. The molecule has 0 aromatic rings. The quantitative estimate of drug-likeness (QED) is 0.524. The Labute approximate surface area is 88.0 Å². The van der Waals surface area contributed by atoms with Gasteiger partial charge in [-0.15, -0.1) is 11.6 Å². The predicted octanol–water partition coefficient (Wildman–Crippen LogP) is 1.41. The molecule has 4 atom stereocenters. The van der Waals surface area contributed by atoms with Gasteiger partial charge in [-0.3, -0.25) is 0 Å². The highest BCUT2D eigenvalue weighted by atomic mass is 35.5. The second-order valence-electron chi connectivity index (χ2n) is 3.63. The zero-order chi connectivity index (χ0) is 10.6. The van der Waals surface area contributed by atoms with Crippen molar-refractivity contribution >= 4 is 24.2 Å². The van der Waals surface area contributed by atoms with Crippen molar-refractivity contribution in [3.63, 3.8) is 0 Å². The molecule has 0 aromatic heterocycles. The second-order valence-corrected chi connectivity index (χ2v) is 4.01. The van der Waals surface area contributed by atoms with Crippen LogP contribution >= 0.6 is 11.6 Å². The van der Waals surface area contributed by atoms with E-state index < -0.39 is 0 Å². The molecular formula is C10H12ClNO2. The van der Waals surface area contributed by atoms with Crippen LogP contribution < -0.4 is 0 Å². The molecule has 14 heavy (non-hydrogen) atoms. The number of carbonyl (C=O) groups is 2. The van der Waals surface area contributed by atoms with E-state index in [4.69, 9.17) is 16.9 Å². The first kappa shape index (κ1) is 11.2. The highest BCUT2D eigenvalue weighted by Gasteiger charge is 2.42. The van der Waals surface area contributed by atoms with Gasteiger partial charge in [0.1, 0.15) is 12.6 Å². The zero-order valence-electron chi connectivity index (χ0n) is 7.73. The fourth-order valence-electron chi connectivity index (χ4n) is 2.23. The molecule has 1 saturated carbocycles. The van der Waals surface area contributed by atoms with E-state index in [2.05, 4.69) is 6.07 Å². The van der Waals surface area contributed by atoms with E-state index in [9.17, 15) is 9.59 Å². The summed E-state index contributed by atoms with van der Waals surface area (Å²) in [5, 5.41) is 8.91. The number of aldehydes is 2. The molecule has 4 unspecified atom stereocenters. The van der Waals surface area contributed by atoms with Gasteiger partial charge in [0.2, 0.25) is 0 Å². The van der Waals surface area contributed by atoms with Crippen molar-refractivity contribution in [3.8, 4) is 6.07 Å². The lowest BCUT2D eigenvalue weighted by Crippen LogP contribution is -2.18. The minimum absolute atomic E-state index is 0.0369. The van der Waals surface area contributed by atoms with Crippen LogP contribution in [-0.2, 0) is 9.59 Å². The fraction of sp³-hybridized carbons (Fsp3) is 0.700. The third-order valence-electron chi connectivity index (χ3n) is 2.96. The standard InChI is InChI=1S/C10H12ClNO2/c11-2-1-9-7(5-13)3-8(6-14)10(9)4-12/h5-10H,1-3H2. The van der Waals surface area contributed by atoms with Gasteiger partial charge in [-0.2, -0.15) is 5.26 Å². The molecule has 1 fully saturated rings. The summed E-state index contributed by atoms with van der Waals surface area (Å²) in [5.74, 6) is -0.401. The van der Waals surface area contributed by atoms with Crippen molar-refractivity contribution in [1.82, 2.24) is 0 Å². The van der Waals surface area contributed by atoms with Gasteiger partial charge in [-0.25, -0.2) is 0 Å². The van der Waals surface area contributed by atoms with Crippen molar-refractivity contribution in [1.29, 1.82) is 5.26 Å². The molecule has 0 heterocycles. The Morgan fingerprint density at radius 3 is 2.43 bits per heavy atom. The lowest BCUT2D eigenvalue weighted by molar-refractivity contribution is -0.112. The van der Waals surface area contributed by atoms with Crippen LogP contribution in [0.15, 0.2) is 0 Å². The smallest absolute Gasteiger partial charge is 0.124 e. The van der Waals surface area contributed by atoms with Crippen LogP contribution in [0.5, 0.6) is 0 Å². The second kappa shape index (κ2) is 5.11. The van der Waals surface area contributed by atoms with Gasteiger partial charge < -0.3 is 9.59 Å². The van der Waals surface area contributed by atoms with E-state index in [0.717, 1.165) is 12.6 Å². The largest absolute Gasteiger partial charge is 0.303 e. The van der Waals surface area contributed by atoms with Crippen molar-refractivity contribution in [3.05, 3.63) is 0 Å². The van der Waals surface area contributed by atoms with E-state index in [0.29, 0.717) is 18.7 Å². The molecule has 1 rings (SSSR count). The lowest BCUT2D eigenvalue weighted by Gasteiger charge is -2.15. The molecule has 0 radical (unpaired) electrons. The molecular weight excluding hydrogens is 202 g/mol. The Kier molecular flexibility index (Phi) is 4.09. The molecule has 0 N–H and O–H groups in total. The summed E-state index contributed by atoms with van der Waals surface area (Å²) >= 11 is 5.60. The van der Waals surface area contributed by atoms with E-state index in [1.807, 2.05) is 0 Å². The highest BCUT2D eigenvalue weighted by molar-refractivity contribution is 6.17. The third-order valence-corrected chi connectivity index (χ3v) is 3.18. The summed E-state index contributed by atoms with van der Waals surface area (Å²) in [7, 11) is 0. The van der Waals surface area contributed by atoms with Gasteiger partial charge in [-0.1, -0.05) is 0 Å². The minimum Gasteiger partial charge on any atom is -0.303 e. The van der Waals surface area contributed by atoms with E-state index >= 15 is 0 Å². The third kappa shape index (κ3) is 1.96. The van der Waals surface area contributed by atoms with Crippen molar-refractivity contribution in [2.75, 3.05) is 5.88 Å². The van der Waals surface area contributed by atoms with Gasteiger partial charge >= 0.3 is 0 Å². The van der Waals surface area contributed by atoms with Crippen molar-refractivity contribution in [2.45, 2.75) is 12.8 Å². The molecule has 4 heteroatoms. The number of nitriles is 1. The first-order valence-electron chi connectivity index (χ1n) is 4.64. The molecule has 0 aliphatic heterocycles. The van der Waals surface area contributed by atoms with E-state index in [1.165, 1.54) is 0 Å². The van der Waals surface area contributed by atoms with Crippen molar-refractivity contribution < 1.29 is 9.59 Å². The zero-order valence-corrected chi connectivity index (χ0v) is 8.48. The van der Waals surface area contributed by atoms with Crippen LogP contribution in [0.4, 0.5) is 0 Å². The van der Waals surface area contributed by atoms with Crippen LogP contribution in [-0.4, -0.2) is 18.5 Å². The number of nitrogens with zero attached hydrogens (tertiary/aromatic N) is 1. The summed E-state index contributed by atoms with van der Waals surface area (Å²) in [5.41, 5.74) is 0. The van der Waals surface area contributed by atoms with Gasteiger partial charge in [-0.05, 0) is 18.8 Å². The Morgan fingerprint density at radius 1 is 1.36 bits per heavy atom. The first-order valence-corrected chi connectivity index (χ1v) is 5.18. The topological polar surface area (TPSA) is 57.9 Å². The normalized spacial score (nSPS) is 36.3. The molecule has 1 aliphatic rings. The summed E-state index contributed by atoms with van der Waals surface area (Å²) in [6.45, 7) is 0. The average Bonchev–Trinajstić information content (AvgIpc) is 2.56. The highest BCUT2D eigenvalue weighted by Crippen LogP contribution is 2.41.